The minimum atomic E-state index is 0.0221. The van der Waals surface area contributed by atoms with Gasteiger partial charge in [0.05, 0.1) is 6.04 Å². The molecule has 0 aromatic carbocycles. The molecular weight excluding hydrogens is 296 g/mol. The Labute approximate surface area is 135 Å². The van der Waals surface area contributed by atoms with Crippen molar-refractivity contribution in [1.82, 2.24) is 20.2 Å². The molecular formula is C16H22N4O3. The Morgan fingerprint density at radius 1 is 1.39 bits per heavy atom. The van der Waals surface area contributed by atoms with Gasteiger partial charge < -0.3 is 13.9 Å². The summed E-state index contributed by atoms with van der Waals surface area (Å²) < 4.78 is 10.3. The third kappa shape index (κ3) is 3.43. The smallest absolute Gasteiger partial charge is 0.227 e. The lowest BCUT2D eigenvalue weighted by Crippen LogP contribution is -2.30. The molecule has 3 rings (SSSR count). The number of hydrogen-bond donors (Lipinski definition) is 0. The quantitative estimate of drug-likeness (QED) is 0.842. The molecule has 1 fully saturated rings. The van der Waals surface area contributed by atoms with Crippen molar-refractivity contribution in [2.45, 2.75) is 58.4 Å². The van der Waals surface area contributed by atoms with Gasteiger partial charge >= 0.3 is 0 Å². The van der Waals surface area contributed by atoms with Gasteiger partial charge in [-0.2, -0.15) is 4.98 Å². The van der Waals surface area contributed by atoms with Crippen molar-refractivity contribution >= 4 is 5.91 Å². The minimum absolute atomic E-state index is 0.0221. The SMILES string of the molecule is Cc1cc([C@H]2CCCN2C(=O)CCc2nc(C(C)C)no2)no1. The van der Waals surface area contributed by atoms with Gasteiger partial charge in [0.1, 0.15) is 11.5 Å². The number of carbonyl (C=O) groups excluding carboxylic acids is 1. The molecule has 1 aliphatic rings. The van der Waals surface area contributed by atoms with E-state index in [0.717, 1.165) is 30.8 Å². The molecule has 1 atom stereocenters. The van der Waals surface area contributed by atoms with Crippen molar-refractivity contribution in [3.8, 4) is 0 Å². The molecule has 1 aliphatic heterocycles. The van der Waals surface area contributed by atoms with E-state index >= 15 is 0 Å². The van der Waals surface area contributed by atoms with Crippen LogP contribution in [-0.4, -0.2) is 32.6 Å². The van der Waals surface area contributed by atoms with E-state index in [4.69, 9.17) is 9.05 Å². The molecule has 124 valence electrons. The highest BCUT2D eigenvalue weighted by Gasteiger charge is 2.31. The molecule has 2 aromatic rings. The zero-order chi connectivity index (χ0) is 16.4. The number of amides is 1. The van der Waals surface area contributed by atoms with Crippen molar-refractivity contribution in [3.63, 3.8) is 0 Å². The fourth-order valence-electron chi connectivity index (χ4n) is 2.88. The lowest BCUT2D eigenvalue weighted by Gasteiger charge is -2.22. The molecule has 2 aromatic heterocycles. The maximum Gasteiger partial charge on any atom is 0.227 e. The van der Waals surface area contributed by atoms with E-state index in [2.05, 4.69) is 15.3 Å². The lowest BCUT2D eigenvalue weighted by atomic mass is 10.1. The molecule has 0 unspecified atom stereocenters. The van der Waals surface area contributed by atoms with Crippen molar-refractivity contribution in [2.24, 2.45) is 0 Å². The molecule has 7 heteroatoms. The van der Waals surface area contributed by atoms with Gasteiger partial charge in [0, 0.05) is 31.4 Å². The van der Waals surface area contributed by atoms with Crippen LogP contribution in [0.3, 0.4) is 0 Å². The number of carbonyl (C=O) groups is 1. The van der Waals surface area contributed by atoms with Gasteiger partial charge in [0.15, 0.2) is 5.82 Å². The van der Waals surface area contributed by atoms with E-state index in [1.165, 1.54) is 0 Å². The van der Waals surface area contributed by atoms with Crippen molar-refractivity contribution < 1.29 is 13.8 Å². The first-order chi connectivity index (χ1) is 11.0. The van der Waals surface area contributed by atoms with Gasteiger partial charge in [-0.15, -0.1) is 0 Å². The Hall–Kier alpha value is -2.18. The average molecular weight is 318 g/mol. The highest BCUT2D eigenvalue weighted by atomic mass is 16.5. The third-order valence-corrected chi connectivity index (χ3v) is 4.11. The Balaban J connectivity index is 1.60. The van der Waals surface area contributed by atoms with Crippen molar-refractivity contribution in [3.05, 3.63) is 29.2 Å². The lowest BCUT2D eigenvalue weighted by molar-refractivity contribution is -0.132. The first-order valence-corrected chi connectivity index (χ1v) is 8.09. The highest BCUT2D eigenvalue weighted by molar-refractivity contribution is 5.77. The van der Waals surface area contributed by atoms with Crippen LogP contribution in [-0.2, 0) is 11.2 Å². The van der Waals surface area contributed by atoms with Crippen molar-refractivity contribution in [1.29, 1.82) is 0 Å². The van der Waals surface area contributed by atoms with Crippen LogP contribution < -0.4 is 0 Å². The average Bonchev–Trinajstić information content (AvgIpc) is 3.24. The summed E-state index contributed by atoms with van der Waals surface area (Å²) in [6, 6.07) is 1.93. The van der Waals surface area contributed by atoms with Gasteiger partial charge in [0.25, 0.3) is 0 Å². The summed E-state index contributed by atoms with van der Waals surface area (Å²) in [5.41, 5.74) is 0.841. The van der Waals surface area contributed by atoms with E-state index in [1.54, 1.807) is 0 Å². The monoisotopic (exact) mass is 318 g/mol. The largest absolute Gasteiger partial charge is 0.361 e. The van der Waals surface area contributed by atoms with Crippen LogP contribution in [0.1, 0.15) is 68.2 Å². The van der Waals surface area contributed by atoms with Crippen LogP contribution in [0.5, 0.6) is 0 Å². The second-order valence-corrected chi connectivity index (χ2v) is 6.31. The van der Waals surface area contributed by atoms with Crippen LogP contribution in [0.4, 0.5) is 0 Å². The number of aryl methyl sites for hydroxylation is 2. The molecule has 1 amide bonds. The fraction of sp³-hybridized carbons (Fsp3) is 0.625. The van der Waals surface area contributed by atoms with Crippen LogP contribution in [0.25, 0.3) is 0 Å². The summed E-state index contributed by atoms with van der Waals surface area (Å²) in [5.74, 6) is 2.30. The zero-order valence-corrected chi connectivity index (χ0v) is 13.8. The predicted octanol–water partition coefficient (Wildman–Crippen LogP) is 2.79. The molecule has 0 bridgehead atoms. The summed E-state index contributed by atoms with van der Waals surface area (Å²) in [4.78, 5) is 18.7. The number of aromatic nitrogens is 3. The molecule has 0 aliphatic carbocycles. The maximum atomic E-state index is 12.5. The standard InChI is InChI=1S/C16H22N4O3/c1-10(2)16-17-14(23-19-16)6-7-15(21)20-8-4-5-13(20)12-9-11(3)22-18-12/h9-10,13H,4-8H2,1-3H3/t13-/m1/s1. The Morgan fingerprint density at radius 2 is 2.22 bits per heavy atom. The van der Waals surface area contributed by atoms with Crippen LogP contribution >= 0.6 is 0 Å². The molecule has 7 nitrogen and oxygen atoms in total. The molecule has 23 heavy (non-hydrogen) atoms. The van der Waals surface area contributed by atoms with Crippen molar-refractivity contribution in [2.75, 3.05) is 6.54 Å². The molecule has 0 spiro atoms. The third-order valence-electron chi connectivity index (χ3n) is 4.11. The Bertz CT molecular complexity index is 676. The first kappa shape index (κ1) is 15.7. The molecule has 3 heterocycles. The number of nitrogens with zero attached hydrogens (tertiary/aromatic N) is 4. The Kier molecular flexibility index (Phi) is 4.45. The molecule has 0 saturated carbocycles. The van der Waals surface area contributed by atoms with E-state index < -0.39 is 0 Å². The number of likely N-dealkylation sites (tertiary alicyclic amines) is 1. The first-order valence-electron chi connectivity index (χ1n) is 8.09. The van der Waals surface area contributed by atoms with E-state index in [0.29, 0.717) is 24.6 Å². The maximum absolute atomic E-state index is 12.5. The fourth-order valence-corrected chi connectivity index (χ4v) is 2.88. The summed E-state index contributed by atoms with van der Waals surface area (Å²) in [6.45, 7) is 6.64. The van der Waals surface area contributed by atoms with E-state index in [-0.39, 0.29) is 17.9 Å². The van der Waals surface area contributed by atoms with Crippen LogP contribution in [0, 0.1) is 6.92 Å². The second kappa shape index (κ2) is 6.52. The topological polar surface area (TPSA) is 85.3 Å². The predicted molar refractivity (Wildman–Crippen MR) is 81.6 cm³/mol. The highest BCUT2D eigenvalue weighted by Crippen LogP contribution is 2.32. The van der Waals surface area contributed by atoms with Gasteiger partial charge in [-0.1, -0.05) is 24.2 Å². The molecule has 0 N–H and O–H groups in total. The summed E-state index contributed by atoms with van der Waals surface area (Å²) >= 11 is 0. The summed E-state index contributed by atoms with van der Waals surface area (Å²) in [5, 5.41) is 7.98. The second-order valence-electron chi connectivity index (χ2n) is 6.31. The van der Waals surface area contributed by atoms with Gasteiger partial charge in [-0.05, 0) is 19.8 Å². The van der Waals surface area contributed by atoms with Gasteiger partial charge in [0.2, 0.25) is 11.8 Å². The minimum Gasteiger partial charge on any atom is -0.361 e. The summed E-state index contributed by atoms with van der Waals surface area (Å²) in [7, 11) is 0. The van der Waals surface area contributed by atoms with E-state index in [1.807, 2.05) is 31.7 Å². The van der Waals surface area contributed by atoms with Gasteiger partial charge in [-0.25, -0.2) is 0 Å². The Morgan fingerprint density at radius 3 is 2.87 bits per heavy atom. The number of rotatable bonds is 5. The van der Waals surface area contributed by atoms with E-state index in [9.17, 15) is 4.79 Å². The molecule has 1 saturated heterocycles. The van der Waals surface area contributed by atoms with Crippen LogP contribution in [0.15, 0.2) is 15.1 Å². The van der Waals surface area contributed by atoms with Gasteiger partial charge in [-0.3, -0.25) is 4.79 Å². The number of hydrogen-bond acceptors (Lipinski definition) is 6. The zero-order valence-electron chi connectivity index (χ0n) is 13.8. The van der Waals surface area contributed by atoms with Crippen LogP contribution in [0.2, 0.25) is 0 Å². The summed E-state index contributed by atoms with van der Waals surface area (Å²) in [6.07, 6.45) is 2.75. The normalized spacial score (nSPS) is 18.1. The molecule has 0 radical (unpaired) electrons.